The first-order valence-corrected chi connectivity index (χ1v) is 6.73. The number of hydrogen-bond donors (Lipinski definition) is 1. The Labute approximate surface area is 102 Å². The van der Waals surface area contributed by atoms with Crippen molar-refractivity contribution < 1.29 is 9.59 Å². The summed E-state index contributed by atoms with van der Waals surface area (Å²) in [4.78, 5) is 25.6. The summed E-state index contributed by atoms with van der Waals surface area (Å²) in [6.07, 6.45) is 5.87. The number of carbonyl (C=O) groups excluding carboxylic acids is 2. The Balaban J connectivity index is 1.74. The molecule has 1 N–H and O–H groups in total. The SMILES string of the molecule is CCC1C(=O)NCC(=O)N1CC1(C2CC2)CC1. The van der Waals surface area contributed by atoms with Gasteiger partial charge in [-0.3, -0.25) is 9.59 Å². The quantitative estimate of drug-likeness (QED) is 0.789. The van der Waals surface area contributed by atoms with E-state index in [4.69, 9.17) is 0 Å². The molecule has 3 fully saturated rings. The van der Waals surface area contributed by atoms with Crippen LogP contribution in [0.4, 0.5) is 0 Å². The van der Waals surface area contributed by atoms with Crippen molar-refractivity contribution in [2.75, 3.05) is 13.1 Å². The van der Waals surface area contributed by atoms with E-state index in [0.29, 0.717) is 5.41 Å². The molecule has 0 aromatic rings. The lowest BCUT2D eigenvalue weighted by Crippen LogP contribution is -2.59. The molecule has 1 aliphatic heterocycles. The van der Waals surface area contributed by atoms with Gasteiger partial charge in [-0.25, -0.2) is 0 Å². The van der Waals surface area contributed by atoms with Crippen molar-refractivity contribution in [1.29, 1.82) is 0 Å². The largest absolute Gasteiger partial charge is 0.345 e. The molecule has 1 atom stereocenters. The lowest BCUT2D eigenvalue weighted by Gasteiger charge is -2.37. The van der Waals surface area contributed by atoms with Gasteiger partial charge in [-0.2, -0.15) is 0 Å². The average molecular weight is 236 g/mol. The molecule has 1 saturated heterocycles. The zero-order chi connectivity index (χ0) is 12.0. The monoisotopic (exact) mass is 236 g/mol. The van der Waals surface area contributed by atoms with Crippen molar-refractivity contribution in [3.63, 3.8) is 0 Å². The van der Waals surface area contributed by atoms with E-state index >= 15 is 0 Å². The fraction of sp³-hybridized carbons (Fsp3) is 0.846. The number of nitrogens with zero attached hydrogens (tertiary/aromatic N) is 1. The van der Waals surface area contributed by atoms with Crippen LogP contribution in [0, 0.1) is 11.3 Å². The summed E-state index contributed by atoms with van der Waals surface area (Å²) in [5.41, 5.74) is 0.390. The second-order valence-corrected chi connectivity index (χ2v) is 5.80. The van der Waals surface area contributed by atoms with Gasteiger partial charge in [-0.1, -0.05) is 6.92 Å². The third-order valence-electron chi connectivity index (χ3n) is 4.62. The van der Waals surface area contributed by atoms with Crippen molar-refractivity contribution in [2.45, 2.75) is 45.1 Å². The summed E-state index contributed by atoms with van der Waals surface area (Å²) in [5, 5.41) is 2.68. The number of rotatable bonds is 4. The first-order valence-electron chi connectivity index (χ1n) is 6.73. The molecule has 17 heavy (non-hydrogen) atoms. The van der Waals surface area contributed by atoms with Gasteiger partial charge in [-0.15, -0.1) is 0 Å². The maximum Gasteiger partial charge on any atom is 0.243 e. The second-order valence-electron chi connectivity index (χ2n) is 5.80. The Kier molecular flexibility index (Phi) is 2.42. The highest BCUT2D eigenvalue weighted by molar-refractivity contribution is 5.94. The van der Waals surface area contributed by atoms with Crippen molar-refractivity contribution in [3.8, 4) is 0 Å². The molecule has 2 amide bonds. The van der Waals surface area contributed by atoms with E-state index in [2.05, 4.69) is 5.32 Å². The average Bonchev–Trinajstić information content (AvgIpc) is 3.14. The maximum atomic E-state index is 12.0. The van der Waals surface area contributed by atoms with Crippen molar-refractivity contribution in [1.82, 2.24) is 10.2 Å². The molecule has 4 heteroatoms. The molecule has 0 radical (unpaired) electrons. The second kappa shape index (κ2) is 3.72. The van der Waals surface area contributed by atoms with E-state index in [9.17, 15) is 9.59 Å². The molecular formula is C13H20N2O2. The Morgan fingerprint density at radius 3 is 2.59 bits per heavy atom. The number of piperazine rings is 1. The predicted octanol–water partition coefficient (Wildman–Crippen LogP) is 0.914. The molecule has 0 spiro atoms. The normalized spacial score (nSPS) is 31.4. The molecular weight excluding hydrogens is 216 g/mol. The number of hydrogen-bond acceptors (Lipinski definition) is 2. The van der Waals surface area contributed by atoms with Gasteiger partial charge < -0.3 is 10.2 Å². The van der Waals surface area contributed by atoms with Crippen LogP contribution < -0.4 is 5.32 Å². The molecule has 3 aliphatic rings. The predicted molar refractivity (Wildman–Crippen MR) is 63.2 cm³/mol. The van der Waals surface area contributed by atoms with Crippen LogP contribution in [0.15, 0.2) is 0 Å². The van der Waals surface area contributed by atoms with E-state index in [0.717, 1.165) is 18.9 Å². The van der Waals surface area contributed by atoms with E-state index in [-0.39, 0.29) is 24.4 Å². The minimum Gasteiger partial charge on any atom is -0.345 e. The molecule has 94 valence electrons. The van der Waals surface area contributed by atoms with E-state index in [1.807, 2.05) is 11.8 Å². The highest BCUT2D eigenvalue weighted by atomic mass is 16.2. The van der Waals surface area contributed by atoms with Gasteiger partial charge in [0.2, 0.25) is 11.8 Å². The van der Waals surface area contributed by atoms with E-state index in [1.54, 1.807) is 0 Å². The van der Waals surface area contributed by atoms with E-state index in [1.165, 1.54) is 25.7 Å². The van der Waals surface area contributed by atoms with Crippen LogP contribution in [-0.2, 0) is 9.59 Å². The van der Waals surface area contributed by atoms with Crippen LogP contribution in [-0.4, -0.2) is 35.8 Å². The Morgan fingerprint density at radius 1 is 1.35 bits per heavy atom. The van der Waals surface area contributed by atoms with Crippen LogP contribution in [0.3, 0.4) is 0 Å². The van der Waals surface area contributed by atoms with Gasteiger partial charge in [0.05, 0.1) is 6.54 Å². The Bertz CT molecular complexity index is 358. The van der Waals surface area contributed by atoms with Gasteiger partial charge in [0.15, 0.2) is 0 Å². The van der Waals surface area contributed by atoms with Crippen LogP contribution in [0.1, 0.15) is 39.0 Å². The number of nitrogens with one attached hydrogen (secondary N) is 1. The molecule has 1 heterocycles. The number of carbonyl (C=O) groups is 2. The van der Waals surface area contributed by atoms with Crippen molar-refractivity contribution in [3.05, 3.63) is 0 Å². The standard InChI is InChI=1S/C13H20N2O2/c1-2-10-12(17)14-7-11(16)15(10)8-13(5-6-13)9-3-4-9/h9-10H,2-8H2,1H3,(H,14,17). The lowest BCUT2D eigenvalue weighted by atomic mass is 9.97. The third-order valence-corrected chi connectivity index (χ3v) is 4.62. The highest BCUT2D eigenvalue weighted by Crippen LogP contribution is 2.61. The smallest absolute Gasteiger partial charge is 0.243 e. The first-order chi connectivity index (χ1) is 8.16. The van der Waals surface area contributed by atoms with Crippen molar-refractivity contribution in [2.24, 2.45) is 11.3 Å². The van der Waals surface area contributed by atoms with Crippen molar-refractivity contribution >= 4 is 11.8 Å². The van der Waals surface area contributed by atoms with Gasteiger partial charge >= 0.3 is 0 Å². The van der Waals surface area contributed by atoms with Gasteiger partial charge in [0, 0.05) is 6.54 Å². The fourth-order valence-electron chi connectivity index (χ4n) is 3.19. The zero-order valence-electron chi connectivity index (χ0n) is 10.4. The summed E-state index contributed by atoms with van der Waals surface area (Å²) < 4.78 is 0. The van der Waals surface area contributed by atoms with Crippen LogP contribution in [0.2, 0.25) is 0 Å². The Morgan fingerprint density at radius 2 is 2.06 bits per heavy atom. The van der Waals surface area contributed by atoms with Crippen LogP contribution in [0.25, 0.3) is 0 Å². The Hall–Kier alpha value is -1.06. The zero-order valence-corrected chi connectivity index (χ0v) is 10.4. The molecule has 1 unspecified atom stereocenters. The van der Waals surface area contributed by atoms with Crippen LogP contribution in [0.5, 0.6) is 0 Å². The molecule has 0 aromatic heterocycles. The minimum atomic E-state index is -0.229. The molecule has 0 bridgehead atoms. The molecule has 0 aromatic carbocycles. The summed E-state index contributed by atoms with van der Waals surface area (Å²) >= 11 is 0. The molecule has 2 aliphatic carbocycles. The highest BCUT2D eigenvalue weighted by Gasteiger charge is 2.55. The summed E-state index contributed by atoms with van der Waals surface area (Å²) in [7, 11) is 0. The van der Waals surface area contributed by atoms with Gasteiger partial charge in [-0.05, 0) is 43.4 Å². The summed E-state index contributed by atoms with van der Waals surface area (Å²) in [5.74, 6) is 0.958. The topological polar surface area (TPSA) is 49.4 Å². The summed E-state index contributed by atoms with van der Waals surface area (Å²) in [6.45, 7) is 2.99. The molecule has 4 nitrogen and oxygen atoms in total. The molecule has 3 rings (SSSR count). The number of amides is 2. The van der Waals surface area contributed by atoms with Crippen LogP contribution >= 0.6 is 0 Å². The molecule has 2 saturated carbocycles. The fourth-order valence-corrected chi connectivity index (χ4v) is 3.19. The lowest BCUT2D eigenvalue weighted by molar-refractivity contribution is -0.146. The first kappa shape index (κ1) is 11.1. The minimum absolute atomic E-state index is 0.0266. The van der Waals surface area contributed by atoms with Gasteiger partial charge in [0.25, 0.3) is 0 Å². The van der Waals surface area contributed by atoms with Gasteiger partial charge in [0.1, 0.15) is 6.04 Å². The maximum absolute atomic E-state index is 12.0. The van der Waals surface area contributed by atoms with E-state index < -0.39 is 0 Å². The third kappa shape index (κ3) is 1.83. The summed E-state index contributed by atoms with van der Waals surface area (Å²) in [6, 6.07) is -0.229.